The molecule has 0 unspecified atom stereocenters. The van der Waals surface area contributed by atoms with Crippen LogP contribution in [0.2, 0.25) is 0 Å². The van der Waals surface area contributed by atoms with Crippen molar-refractivity contribution in [3.05, 3.63) is 534 Å². The fourth-order valence-electron chi connectivity index (χ4n) is 24.0. The van der Waals surface area contributed by atoms with Crippen LogP contribution < -0.4 is 20.7 Å². The first kappa shape index (κ1) is 84.3. The van der Waals surface area contributed by atoms with Gasteiger partial charge < -0.3 is 22.7 Å². The van der Waals surface area contributed by atoms with Crippen molar-refractivity contribution in [1.82, 2.24) is 46.9 Å². The molecule has 0 aliphatic carbocycles. The van der Waals surface area contributed by atoms with Gasteiger partial charge in [-0.1, -0.05) is 413 Å². The zero-order chi connectivity index (χ0) is 96.7. The Morgan fingerprint density at radius 3 is 0.673 bits per heavy atom. The van der Waals surface area contributed by atoms with Crippen LogP contribution in [-0.4, -0.2) is 55.0 Å². The van der Waals surface area contributed by atoms with E-state index in [1.807, 2.05) is 6.07 Å². The number of rotatable bonds is 13. The molecule has 147 heavy (non-hydrogen) atoms. The average molecular weight is 1890 g/mol. The summed E-state index contributed by atoms with van der Waals surface area (Å²) in [5.74, 6) is 1.70. The van der Waals surface area contributed by atoms with E-state index in [2.05, 4.69) is 560 Å². The van der Waals surface area contributed by atoms with E-state index in [9.17, 15) is 0 Å². The van der Waals surface area contributed by atoms with Crippen molar-refractivity contribution in [3.63, 3.8) is 0 Å². The fourth-order valence-corrected chi connectivity index (χ4v) is 28.7. The van der Waals surface area contributed by atoms with Gasteiger partial charge in [0.2, 0.25) is 17.8 Å². The summed E-state index contributed by atoms with van der Waals surface area (Å²) in [7, 11) is -2.78. The molecule has 0 spiro atoms. The summed E-state index contributed by atoms with van der Waals surface area (Å²) >= 11 is 0. The van der Waals surface area contributed by atoms with Crippen molar-refractivity contribution < 1.29 is 4.42 Å². The molecule has 0 fully saturated rings. The third-order valence-corrected chi connectivity index (χ3v) is 34.9. The molecule has 9 aromatic heterocycles. The summed E-state index contributed by atoms with van der Waals surface area (Å²) in [4.78, 5) is 15.8. The Balaban J connectivity index is 0.000000105. The Labute approximate surface area is 845 Å². The lowest BCUT2D eigenvalue weighted by Crippen LogP contribution is -2.74. The Morgan fingerprint density at radius 1 is 0.150 bits per heavy atom. The van der Waals surface area contributed by atoms with Gasteiger partial charge in [0, 0.05) is 114 Å². The highest BCUT2D eigenvalue weighted by Crippen LogP contribution is 2.48. The highest BCUT2D eigenvalue weighted by atomic mass is 28.3. The lowest BCUT2D eigenvalue weighted by atomic mass is 9.99. The summed E-state index contributed by atoms with van der Waals surface area (Å²) in [5.41, 5.74) is 26.7. The molecular formula is C135H88N10OSi. The highest BCUT2D eigenvalue weighted by molar-refractivity contribution is 7.20. The van der Waals surface area contributed by atoms with E-state index in [0.717, 1.165) is 121 Å². The summed E-state index contributed by atoms with van der Waals surface area (Å²) in [6.07, 6.45) is 0. The summed E-state index contributed by atoms with van der Waals surface area (Å²) < 4.78 is 23.0. The standard InChI is InChI=1S/C54H38N2Si.C42H26N2O.C39H24N6/c1-4-20-39(21-5-1)57(40-22-6-2-7-23-40,41-24-8-3-9-25-41)42-36-37-48-47-30-14-19-35-53(47)56(54(48)38-42)52-34-18-13-29-46(52)45-28-12-17-33-51(45)55-49-31-15-10-26-43(49)44-27-11-16-32-50(44)55;1-7-19-36-28(13-1)29-14-2-8-20-37(29)43(36)27-25-34(42-35(26-27)33-18-6-12-24-41(33)45-42)32-17-5-11-23-40(32)44-38-21-9-3-15-30(38)31-16-4-10-22-39(31)44;1-7-19-31-25(13-1)26-14-2-8-20-32(26)43(31)37-40-38(44-33-21-9-3-15-27(33)28-16-4-10-22-34(28)44)42-39(41-37)45-35-23-11-5-17-29(35)30-18-6-12-24-36(30)45/h1-38H;1-26H;1-24H. The van der Waals surface area contributed by atoms with E-state index in [-0.39, 0.29) is 0 Å². The molecule has 0 atom stereocenters. The maximum atomic E-state index is 6.71. The Hall–Kier alpha value is -19.5. The van der Waals surface area contributed by atoms with Crippen molar-refractivity contribution in [3.8, 4) is 62.8 Å². The van der Waals surface area contributed by atoms with Gasteiger partial charge >= 0.3 is 0 Å². The first-order chi connectivity index (χ1) is 73.0. The third kappa shape index (κ3) is 13.3. The van der Waals surface area contributed by atoms with Gasteiger partial charge in [0.15, 0.2) is 8.07 Å². The lowest BCUT2D eigenvalue weighted by Gasteiger charge is -2.34. The zero-order valence-corrected chi connectivity index (χ0v) is 80.7. The van der Waals surface area contributed by atoms with Gasteiger partial charge in [-0.05, 0) is 142 Å². The first-order valence-corrected chi connectivity index (χ1v) is 52.1. The van der Waals surface area contributed by atoms with E-state index in [1.165, 1.54) is 119 Å². The number of para-hydroxylation sites is 17. The van der Waals surface area contributed by atoms with Crippen LogP contribution in [0.25, 0.3) is 237 Å². The number of hydrogen-bond donors (Lipinski definition) is 0. The van der Waals surface area contributed by atoms with Crippen molar-refractivity contribution >= 4 is 203 Å². The van der Waals surface area contributed by atoms with Gasteiger partial charge in [-0.25, -0.2) is 0 Å². The van der Waals surface area contributed by atoms with Crippen LogP contribution in [0.1, 0.15) is 0 Å². The molecule has 0 N–H and O–H groups in total. The van der Waals surface area contributed by atoms with Gasteiger partial charge in [0.05, 0.1) is 94.3 Å². The minimum Gasteiger partial charge on any atom is -0.455 e. The zero-order valence-electron chi connectivity index (χ0n) is 79.7. The van der Waals surface area contributed by atoms with Gasteiger partial charge in [0.1, 0.15) is 11.2 Å². The van der Waals surface area contributed by atoms with Crippen LogP contribution in [0.15, 0.2) is 538 Å². The molecule has 9 heterocycles. The molecule has 0 saturated heterocycles. The molecule has 31 aromatic rings. The van der Waals surface area contributed by atoms with Gasteiger partial charge in [-0.15, -0.1) is 0 Å². The second-order valence-corrected chi connectivity index (χ2v) is 41.7. The first-order valence-electron chi connectivity index (χ1n) is 50.1. The molecule has 12 heteroatoms. The van der Waals surface area contributed by atoms with E-state index in [1.54, 1.807) is 0 Å². The minimum absolute atomic E-state index is 0.566. The van der Waals surface area contributed by atoms with Crippen LogP contribution in [0.3, 0.4) is 0 Å². The smallest absolute Gasteiger partial charge is 0.241 e. The molecule has 31 rings (SSSR count). The Morgan fingerprint density at radius 2 is 0.374 bits per heavy atom. The monoisotopic (exact) mass is 1890 g/mol. The molecular weight excluding hydrogens is 1810 g/mol. The largest absolute Gasteiger partial charge is 0.455 e. The molecule has 0 bridgehead atoms. The number of hydrogen-bond acceptors (Lipinski definition) is 4. The number of furan rings is 1. The van der Waals surface area contributed by atoms with Crippen molar-refractivity contribution in [2.75, 3.05) is 0 Å². The second kappa shape index (κ2) is 34.4. The van der Waals surface area contributed by atoms with Gasteiger partial charge in [0.25, 0.3) is 0 Å². The molecule has 0 radical (unpaired) electrons. The maximum absolute atomic E-state index is 6.71. The van der Waals surface area contributed by atoms with Gasteiger partial charge in [-0.2, -0.15) is 15.0 Å². The van der Waals surface area contributed by atoms with Crippen LogP contribution in [0, 0.1) is 0 Å². The molecule has 0 amide bonds. The normalized spacial score (nSPS) is 11.9. The average Bonchev–Trinajstić information content (AvgIpc) is 1.45. The van der Waals surface area contributed by atoms with Crippen molar-refractivity contribution in [1.29, 1.82) is 0 Å². The highest BCUT2D eigenvalue weighted by Gasteiger charge is 2.42. The summed E-state index contributed by atoms with van der Waals surface area (Å²) in [6.45, 7) is 0. The topological polar surface area (TPSA) is 86.3 Å². The molecule has 0 saturated carbocycles. The SMILES string of the molecule is c1ccc(-n2c3ccccc3c3ccccc32)c(-c2cc(-n3c4ccccc4c4ccccc43)cc3c2oc2ccccc23)c1.c1ccc([Si](c2ccccc2)(c2ccccc2)c2ccc3c4ccccc4n(-c4ccccc4-c4ccccc4-n4c5ccccc5c5ccccc54)c3c2)cc1.c1ccc2c(c1)c1ccccc1n2-c1nc(-n2c3ccccc3c3ccccc32)nc(-n2c3ccccc3c3ccccc32)n1. The lowest BCUT2D eigenvalue weighted by molar-refractivity contribution is 0.670. The summed E-state index contributed by atoms with van der Waals surface area (Å²) in [6, 6.07) is 192. The molecule has 0 aliphatic rings. The van der Waals surface area contributed by atoms with E-state index < -0.39 is 8.07 Å². The predicted molar refractivity (Wildman–Crippen MR) is 615 cm³/mol. The van der Waals surface area contributed by atoms with Crippen LogP contribution in [0.5, 0.6) is 0 Å². The van der Waals surface area contributed by atoms with Crippen LogP contribution in [-0.2, 0) is 0 Å². The fraction of sp³-hybridized carbons (Fsp3) is 0. The molecule has 22 aromatic carbocycles. The van der Waals surface area contributed by atoms with E-state index >= 15 is 0 Å². The van der Waals surface area contributed by atoms with Crippen LogP contribution in [0.4, 0.5) is 0 Å². The molecule has 0 aliphatic heterocycles. The Bertz CT molecular complexity index is 9970. The van der Waals surface area contributed by atoms with E-state index in [4.69, 9.17) is 19.4 Å². The number of fused-ring (bicyclic) bond motifs is 24. The predicted octanol–water partition coefficient (Wildman–Crippen LogP) is 31.5. The maximum Gasteiger partial charge on any atom is 0.241 e. The minimum atomic E-state index is -2.78. The van der Waals surface area contributed by atoms with Crippen LogP contribution >= 0.6 is 0 Å². The second-order valence-electron chi connectivity index (χ2n) is 37.9. The third-order valence-electron chi connectivity index (χ3n) is 30.1. The number of benzene rings is 22. The molecule has 11 nitrogen and oxygen atoms in total. The van der Waals surface area contributed by atoms with Gasteiger partial charge in [-0.3, -0.25) is 13.7 Å². The van der Waals surface area contributed by atoms with E-state index in [0.29, 0.717) is 17.8 Å². The Kier molecular flexibility index (Phi) is 19.8. The van der Waals surface area contributed by atoms with Crippen molar-refractivity contribution in [2.45, 2.75) is 0 Å². The van der Waals surface area contributed by atoms with Crippen molar-refractivity contribution in [2.24, 2.45) is 0 Å². The number of nitrogens with zero attached hydrogens (tertiary/aromatic N) is 10. The molecule has 688 valence electrons. The number of aromatic nitrogens is 10. The quantitative estimate of drug-likeness (QED) is 0.0850. The summed E-state index contributed by atoms with van der Waals surface area (Å²) in [5, 5.41) is 24.6.